The molecule has 2 aromatic carbocycles. The molecule has 13 heteroatoms. The summed E-state index contributed by atoms with van der Waals surface area (Å²) in [5, 5.41) is 28.6. The van der Waals surface area contributed by atoms with Crippen LogP contribution in [0.3, 0.4) is 0 Å². The molecule has 0 spiro atoms. The van der Waals surface area contributed by atoms with Crippen LogP contribution in [0.15, 0.2) is 71.5 Å². The van der Waals surface area contributed by atoms with Crippen LogP contribution in [0.1, 0.15) is 83.4 Å². The number of aliphatic hydroxyl groups is 1. The number of amides is 1. The summed E-state index contributed by atoms with van der Waals surface area (Å²) in [7, 11) is 0. The van der Waals surface area contributed by atoms with Crippen LogP contribution < -0.4 is 0 Å². The molecular weight excluding hydrogens is 635 g/mol. The minimum absolute atomic E-state index is 0.0407. The molecule has 1 aliphatic rings. The number of pyridine rings is 1. The van der Waals surface area contributed by atoms with E-state index in [1.165, 1.54) is 23.0 Å². The number of nitrogens with zero attached hydrogens (tertiary/aromatic N) is 8. The monoisotopic (exact) mass is 668 g/mol. The van der Waals surface area contributed by atoms with Gasteiger partial charge in [-0.3, -0.25) is 4.79 Å². The Labute approximate surface area is 280 Å². The highest BCUT2D eigenvalue weighted by Gasteiger charge is 2.29. The van der Waals surface area contributed by atoms with Crippen LogP contribution in [-0.4, -0.2) is 63.9 Å². The second-order valence-corrected chi connectivity index (χ2v) is 13.0. The minimum Gasteiger partial charge on any atom is -0.382 e. The van der Waals surface area contributed by atoms with Gasteiger partial charge in [-0.1, -0.05) is 57.9 Å². The molecule has 0 saturated carbocycles. The molecule has 7 rings (SSSR count). The standard InChI is InChI=1S/C35H34ClFN8O3/c1-20(2)45-34-28(17-38-45)27(16-30(39-34)22-6-4-21(3)5-7-22)35(47)43-12-10-23(11-13-43)31-15-25(48-41-31)18-44-19-32(40-42-44)33(46)26-9-8-24(36)14-29(26)37/h4-9,14-17,19-20,23,33,46H,10-13,18H2,1-3H3. The van der Waals surface area contributed by atoms with Crippen LogP contribution in [-0.2, 0) is 6.54 Å². The number of hydrogen-bond acceptors (Lipinski definition) is 8. The summed E-state index contributed by atoms with van der Waals surface area (Å²) in [6.07, 6.45) is 3.45. The third kappa shape index (κ3) is 6.20. The Balaban J connectivity index is 1.03. The number of likely N-dealkylation sites (tertiary alicyclic amines) is 1. The van der Waals surface area contributed by atoms with Crippen LogP contribution in [0.2, 0.25) is 5.02 Å². The van der Waals surface area contributed by atoms with E-state index >= 15 is 0 Å². The van der Waals surface area contributed by atoms with Gasteiger partial charge in [-0.05, 0) is 51.8 Å². The van der Waals surface area contributed by atoms with E-state index in [1.807, 2.05) is 66.8 Å². The number of aromatic nitrogens is 7. The molecule has 48 heavy (non-hydrogen) atoms. The maximum absolute atomic E-state index is 14.3. The van der Waals surface area contributed by atoms with E-state index in [9.17, 15) is 14.3 Å². The fourth-order valence-electron chi connectivity index (χ4n) is 6.15. The van der Waals surface area contributed by atoms with Gasteiger partial charge in [0.05, 0.1) is 34.7 Å². The molecule has 4 aromatic heterocycles. The second kappa shape index (κ2) is 12.9. The Hall–Kier alpha value is -4.94. The largest absolute Gasteiger partial charge is 0.382 e. The maximum atomic E-state index is 14.3. The van der Waals surface area contributed by atoms with E-state index in [0.29, 0.717) is 30.1 Å². The van der Waals surface area contributed by atoms with Crippen molar-refractivity contribution in [3.8, 4) is 11.3 Å². The van der Waals surface area contributed by atoms with Crippen molar-refractivity contribution in [3.63, 3.8) is 0 Å². The molecule has 1 saturated heterocycles. The van der Waals surface area contributed by atoms with Gasteiger partial charge in [0.1, 0.15) is 24.2 Å². The normalized spacial score (nSPS) is 14.7. The molecular formula is C35H34ClFN8O3. The Bertz CT molecular complexity index is 2100. The van der Waals surface area contributed by atoms with Crippen LogP contribution in [0, 0.1) is 12.7 Å². The summed E-state index contributed by atoms with van der Waals surface area (Å²) in [4.78, 5) is 20.8. The smallest absolute Gasteiger partial charge is 0.254 e. The summed E-state index contributed by atoms with van der Waals surface area (Å²) in [5.74, 6) is 0.0235. The molecule has 1 fully saturated rings. The van der Waals surface area contributed by atoms with E-state index in [4.69, 9.17) is 21.1 Å². The lowest BCUT2D eigenvalue weighted by Gasteiger charge is -2.31. The van der Waals surface area contributed by atoms with E-state index in [2.05, 4.69) is 20.6 Å². The molecule has 0 bridgehead atoms. The molecule has 6 aromatic rings. The molecule has 1 N–H and O–H groups in total. The Morgan fingerprint density at radius 2 is 1.88 bits per heavy atom. The first-order valence-electron chi connectivity index (χ1n) is 15.9. The minimum atomic E-state index is -1.29. The highest BCUT2D eigenvalue weighted by atomic mass is 35.5. The van der Waals surface area contributed by atoms with Crippen LogP contribution in [0.5, 0.6) is 0 Å². The van der Waals surface area contributed by atoms with Crippen LogP contribution in [0.25, 0.3) is 22.3 Å². The first-order valence-corrected chi connectivity index (χ1v) is 16.3. The molecule has 11 nitrogen and oxygen atoms in total. The Kier molecular flexibility index (Phi) is 8.52. The number of benzene rings is 2. The quantitative estimate of drug-likeness (QED) is 0.194. The van der Waals surface area contributed by atoms with Crippen molar-refractivity contribution in [1.82, 2.24) is 39.8 Å². The van der Waals surface area contributed by atoms with Gasteiger partial charge >= 0.3 is 0 Å². The summed E-state index contributed by atoms with van der Waals surface area (Å²) >= 11 is 5.83. The van der Waals surface area contributed by atoms with Gasteiger partial charge in [0, 0.05) is 47.3 Å². The van der Waals surface area contributed by atoms with Gasteiger partial charge in [-0.15, -0.1) is 5.10 Å². The topological polar surface area (TPSA) is 128 Å². The molecule has 1 unspecified atom stereocenters. The molecule has 246 valence electrons. The van der Waals surface area contributed by atoms with E-state index in [1.54, 1.807) is 6.20 Å². The molecule has 5 heterocycles. The number of rotatable bonds is 8. The van der Waals surface area contributed by atoms with Crippen molar-refractivity contribution in [2.75, 3.05) is 13.1 Å². The number of aryl methyl sites for hydroxylation is 1. The van der Waals surface area contributed by atoms with Gasteiger partial charge in [-0.25, -0.2) is 18.7 Å². The number of carbonyl (C=O) groups excluding carboxylic acids is 1. The number of carbonyl (C=O) groups is 1. The highest BCUT2D eigenvalue weighted by Crippen LogP contribution is 2.32. The number of halogens is 2. The van der Waals surface area contributed by atoms with Crippen molar-refractivity contribution in [2.45, 2.75) is 58.2 Å². The number of aliphatic hydroxyl groups excluding tert-OH is 1. The van der Waals surface area contributed by atoms with Gasteiger partial charge in [-0.2, -0.15) is 5.10 Å². The molecule has 0 aliphatic carbocycles. The van der Waals surface area contributed by atoms with Crippen LogP contribution in [0.4, 0.5) is 4.39 Å². The molecule has 0 radical (unpaired) electrons. The third-order valence-corrected chi connectivity index (χ3v) is 9.06. The van der Waals surface area contributed by atoms with Gasteiger partial charge in [0.15, 0.2) is 11.4 Å². The first kappa shape index (κ1) is 31.6. The fraction of sp³-hybridized carbons (Fsp3) is 0.314. The van der Waals surface area contributed by atoms with Gasteiger partial charge < -0.3 is 14.5 Å². The SMILES string of the molecule is Cc1ccc(-c2cc(C(=O)N3CCC(c4cc(Cn5cc(C(O)c6ccc(Cl)cc6F)nn5)on4)CC3)c3cnn(C(C)C)c3n2)cc1. The summed E-state index contributed by atoms with van der Waals surface area (Å²) in [6, 6.07) is 16.1. The average molecular weight is 669 g/mol. The van der Waals surface area contributed by atoms with E-state index < -0.39 is 11.9 Å². The lowest BCUT2D eigenvalue weighted by molar-refractivity contribution is 0.0713. The zero-order chi connectivity index (χ0) is 33.5. The highest BCUT2D eigenvalue weighted by molar-refractivity contribution is 6.30. The van der Waals surface area contributed by atoms with E-state index in [0.717, 1.165) is 46.8 Å². The number of fused-ring (bicyclic) bond motifs is 1. The third-order valence-electron chi connectivity index (χ3n) is 8.82. The van der Waals surface area contributed by atoms with Crippen molar-refractivity contribution >= 4 is 28.5 Å². The average Bonchev–Trinajstić information content (AvgIpc) is 3.85. The molecule has 1 amide bonds. The van der Waals surface area contributed by atoms with Crippen molar-refractivity contribution in [2.24, 2.45) is 0 Å². The van der Waals surface area contributed by atoms with E-state index in [-0.39, 0.29) is 40.7 Å². The Morgan fingerprint density at radius 3 is 2.60 bits per heavy atom. The second-order valence-electron chi connectivity index (χ2n) is 12.5. The van der Waals surface area contributed by atoms with Gasteiger partial charge in [0.25, 0.3) is 5.91 Å². The lowest BCUT2D eigenvalue weighted by atomic mass is 9.93. The number of piperidine rings is 1. The van der Waals surface area contributed by atoms with Gasteiger partial charge in [0.2, 0.25) is 0 Å². The first-order chi connectivity index (χ1) is 23.1. The molecule has 1 atom stereocenters. The van der Waals surface area contributed by atoms with Crippen molar-refractivity contribution < 1.29 is 18.8 Å². The fourth-order valence-corrected chi connectivity index (χ4v) is 6.31. The number of hydrogen-bond donors (Lipinski definition) is 1. The summed E-state index contributed by atoms with van der Waals surface area (Å²) in [5.41, 5.74) is 5.20. The lowest BCUT2D eigenvalue weighted by Crippen LogP contribution is -2.38. The predicted octanol–water partition coefficient (Wildman–Crippen LogP) is 6.51. The van der Waals surface area contributed by atoms with Crippen LogP contribution >= 0.6 is 11.6 Å². The molecule has 1 aliphatic heterocycles. The summed E-state index contributed by atoms with van der Waals surface area (Å²) in [6.45, 7) is 7.51. The van der Waals surface area contributed by atoms with Crippen molar-refractivity contribution in [1.29, 1.82) is 0 Å². The zero-order valence-corrected chi connectivity index (χ0v) is 27.5. The maximum Gasteiger partial charge on any atom is 0.254 e. The zero-order valence-electron chi connectivity index (χ0n) is 26.7. The Morgan fingerprint density at radius 1 is 1.10 bits per heavy atom. The summed E-state index contributed by atoms with van der Waals surface area (Å²) < 4.78 is 23.3. The van der Waals surface area contributed by atoms with Crippen molar-refractivity contribution in [3.05, 3.63) is 112 Å². The predicted molar refractivity (Wildman–Crippen MR) is 177 cm³/mol.